The third-order valence-electron chi connectivity index (χ3n) is 3.19. The van der Waals surface area contributed by atoms with Gasteiger partial charge in [-0.3, -0.25) is 0 Å². The summed E-state index contributed by atoms with van der Waals surface area (Å²) in [6.07, 6.45) is 1.90. The highest BCUT2D eigenvalue weighted by Crippen LogP contribution is 2.23. The first-order chi connectivity index (χ1) is 9.95. The first-order valence-corrected chi connectivity index (χ1v) is 7.62. The Labute approximate surface area is 128 Å². The molecule has 2 aromatic rings. The van der Waals surface area contributed by atoms with Gasteiger partial charge in [0, 0.05) is 22.8 Å². The van der Waals surface area contributed by atoms with Crippen LogP contribution in [0.25, 0.3) is 0 Å². The highest BCUT2D eigenvalue weighted by atomic mass is 32.1. The summed E-state index contributed by atoms with van der Waals surface area (Å²) in [6.45, 7) is 6.27. The van der Waals surface area contributed by atoms with Crippen LogP contribution in [0.1, 0.15) is 41.4 Å². The van der Waals surface area contributed by atoms with Crippen LogP contribution < -0.4 is 16.4 Å². The van der Waals surface area contributed by atoms with Crippen LogP contribution in [-0.4, -0.2) is 11.0 Å². The molecule has 0 saturated carbocycles. The molecule has 6 heteroatoms. The Hall–Kier alpha value is -1.92. The molecule has 112 valence electrons. The summed E-state index contributed by atoms with van der Waals surface area (Å²) in [5.74, 6) is 0. The van der Waals surface area contributed by atoms with E-state index in [4.69, 9.17) is 5.73 Å². The van der Waals surface area contributed by atoms with Gasteiger partial charge >= 0.3 is 6.03 Å². The average Bonchev–Trinajstić information content (AvgIpc) is 2.85. The third-order valence-corrected chi connectivity index (χ3v) is 4.28. The van der Waals surface area contributed by atoms with Gasteiger partial charge in [-0.15, -0.1) is 11.3 Å². The number of thiazole rings is 1. The number of amides is 2. The van der Waals surface area contributed by atoms with Gasteiger partial charge in [-0.2, -0.15) is 0 Å². The van der Waals surface area contributed by atoms with Crippen molar-refractivity contribution >= 4 is 23.1 Å². The van der Waals surface area contributed by atoms with Crippen molar-refractivity contribution in [1.29, 1.82) is 0 Å². The fourth-order valence-corrected chi connectivity index (χ4v) is 2.90. The van der Waals surface area contributed by atoms with Crippen LogP contribution in [0.3, 0.4) is 0 Å². The minimum absolute atomic E-state index is 0.187. The Morgan fingerprint density at radius 1 is 1.24 bits per heavy atom. The van der Waals surface area contributed by atoms with E-state index >= 15 is 0 Å². The maximum atomic E-state index is 10.8. The van der Waals surface area contributed by atoms with E-state index in [1.165, 1.54) is 4.88 Å². The second-order valence-electron chi connectivity index (χ2n) is 5.03. The molecule has 0 fully saturated rings. The van der Waals surface area contributed by atoms with Crippen molar-refractivity contribution in [3.8, 4) is 0 Å². The van der Waals surface area contributed by atoms with Crippen molar-refractivity contribution in [3.05, 3.63) is 45.9 Å². The van der Waals surface area contributed by atoms with Gasteiger partial charge in [-0.1, -0.05) is 12.1 Å². The first kappa shape index (κ1) is 15.5. The van der Waals surface area contributed by atoms with E-state index in [9.17, 15) is 4.79 Å². The SMILES string of the molecule is Cc1cnc(C(C)NC(C)c2ccc(NC(N)=O)cc2)s1. The fourth-order valence-electron chi connectivity index (χ4n) is 2.11. The fraction of sp³-hybridized carbons (Fsp3) is 0.333. The van der Waals surface area contributed by atoms with Crippen LogP contribution in [0.15, 0.2) is 30.5 Å². The molecular weight excluding hydrogens is 284 g/mol. The standard InChI is InChI=1S/C15H20N4OS/c1-9-8-17-14(21-9)11(3)18-10(2)12-4-6-13(7-5-12)19-15(16)20/h4-8,10-11,18H,1-3H3,(H3,16,19,20). The Kier molecular flexibility index (Phi) is 4.93. The van der Waals surface area contributed by atoms with Gasteiger partial charge in [0.15, 0.2) is 0 Å². The van der Waals surface area contributed by atoms with Gasteiger partial charge in [0.25, 0.3) is 0 Å². The van der Waals surface area contributed by atoms with Crippen LogP contribution in [0, 0.1) is 6.92 Å². The molecule has 0 bridgehead atoms. The van der Waals surface area contributed by atoms with Gasteiger partial charge in [-0.05, 0) is 38.5 Å². The summed E-state index contributed by atoms with van der Waals surface area (Å²) >= 11 is 1.71. The number of aryl methyl sites for hydroxylation is 1. The second-order valence-corrected chi connectivity index (χ2v) is 6.30. The number of carbonyl (C=O) groups is 1. The van der Waals surface area contributed by atoms with Crippen molar-refractivity contribution in [1.82, 2.24) is 10.3 Å². The molecule has 21 heavy (non-hydrogen) atoms. The number of hydrogen-bond acceptors (Lipinski definition) is 4. The van der Waals surface area contributed by atoms with Gasteiger partial charge in [0.2, 0.25) is 0 Å². The molecule has 5 nitrogen and oxygen atoms in total. The Bertz CT molecular complexity index is 608. The summed E-state index contributed by atoms with van der Waals surface area (Å²) < 4.78 is 0. The number of primary amides is 1. The number of aromatic nitrogens is 1. The number of carbonyl (C=O) groups excluding carboxylic acids is 1. The summed E-state index contributed by atoms with van der Waals surface area (Å²) in [5.41, 5.74) is 6.93. The number of urea groups is 1. The smallest absolute Gasteiger partial charge is 0.316 e. The minimum Gasteiger partial charge on any atom is -0.351 e. The monoisotopic (exact) mass is 304 g/mol. The number of anilines is 1. The number of nitrogens with one attached hydrogen (secondary N) is 2. The van der Waals surface area contributed by atoms with E-state index in [2.05, 4.69) is 36.4 Å². The molecule has 1 heterocycles. The molecule has 0 radical (unpaired) electrons. The maximum absolute atomic E-state index is 10.8. The lowest BCUT2D eigenvalue weighted by Gasteiger charge is -2.19. The van der Waals surface area contributed by atoms with Crippen molar-refractivity contribution in [2.75, 3.05) is 5.32 Å². The molecule has 0 aliphatic rings. The zero-order valence-electron chi connectivity index (χ0n) is 12.4. The van der Waals surface area contributed by atoms with Crippen molar-refractivity contribution in [2.45, 2.75) is 32.9 Å². The zero-order chi connectivity index (χ0) is 15.4. The highest BCUT2D eigenvalue weighted by molar-refractivity contribution is 7.11. The van der Waals surface area contributed by atoms with Crippen molar-refractivity contribution < 1.29 is 4.79 Å². The lowest BCUT2D eigenvalue weighted by atomic mass is 10.1. The third kappa shape index (κ3) is 4.27. The molecule has 1 aromatic carbocycles. The van der Waals surface area contributed by atoms with Crippen LogP contribution >= 0.6 is 11.3 Å². The number of benzene rings is 1. The van der Waals surface area contributed by atoms with Crippen molar-refractivity contribution in [3.63, 3.8) is 0 Å². The number of rotatable bonds is 5. The Morgan fingerprint density at radius 3 is 2.43 bits per heavy atom. The van der Waals surface area contributed by atoms with E-state index in [1.807, 2.05) is 30.5 Å². The maximum Gasteiger partial charge on any atom is 0.316 e. The molecule has 4 N–H and O–H groups in total. The van der Waals surface area contributed by atoms with Crippen LogP contribution in [0.4, 0.5) is 10.5 Å². The van der Waals surface area contributed by atoms with Gasteiger partial charge in [-0.25, -0.2) is 9.78 Å². The molecular formula is C15H20N4OS. The molecule has 1 aromatic heterocycles. The number of nitrogens with two attached hydrogens (primary N) is 1. The molecule has 0 saturated heterocycles. The topological polar surface area (TPSA) is 80.0 Å². The minimum atomic E-state index is -0.554. The van der Waals surface area contributed by atoms with E-state index < -0.39 is 6.03 Å². The largest absolute Gasteiger partial charge is 0.351 e. The lowest BCUT2D eigenvalue weighted by Crippen LogP contribution is -2.22. The summed E-state index contributed by atoms with van der Waals surface area (Å²) in [6, 6.07) is 7.47. The predicted octanol–water partition coefficient (Wildman–Crippen LogP) is 3.35. The van der Waals surface area contributed by atoms with E-state index in [0.717, 1.165) is 10.6 Å². The zero-order valence-corrected chi connectivity index (χ0v) is 13.2. The van der Waals surface area contributed by atoms with Crippen LogP contribution in [0.5, 0.6) is 0 Å². The summed E-state index contributed by atoms with van der Waals surface area (Å²) in [7, 11) is 0. The normalized spacial score (nSPS) is 13.7. The van der Waals surface area contributed by atoms with E-state index in [-0.39, 0.29) is 12.1 Å². The Morgan fingerprint density at radius 2 is 1.90 bits per heavy atom. The molecule has 2 rings (SSSR count). The Balaban J connectivity index is 1.99. The van der Waals surface area contributed by atoms with Gasteiger partial charge in [0.05, 0.1) is 6.04 Å². The quantitative estimate of drug-likeness (QED) is 0.792. The predicted molar refractivity (Wildman–Crippen MR) is 86.5 cm³/mol. The highest BCUT2D eigenvalue weighted by Gasteiger charge is 2.13. The summed E-state index contributed by atoms with van der Waals surface area (Å²) in [4.78, 5) is 16.4. The molecule has 2 amide bonds. The first-order valence-electron chi connectivity index (χ1n) is 6.80. The molecule has 0 spiro atoms. The van der Waals surface area contributed by atoms with E-state index in [1.54, 1.807) is 11.3 Å². The number of hydrogen-bond donors (Lipinski definition) is 3. The van der Waals surface area contributed by atoms with Crippen LogP contribution in [0.2, 0.25) is 0 Å². The van der Waals surface area contributed by atoms with Gasteiger partial charge < -0.3 is 16.4 Å². The van der Waals surface area contributed by atoms with Crippen LogP contribution in [-0.2, 0) is 0 Å². The molecule has 2 unspecified atom stereocenters. The average molecular weight is 304 g/mol. The molecule has 2 atom stereocenters. The number of nitrogens with zero attached hydrogens (tertiary/aromatic N) is 1. The molecule has 0 aliphatic carbocycles. The molecule has 0 aliphatic heterocycles. The lowest BCUT2D eigenvalue weighted by molar-refractivity contribution is 0.259. The van der Waals surface area contributed by atoms with Crippen molar-refractivity contribution in [2.24, 2.45) is 5.73 Å². The van der Waals surface area contributed by atoms with Gasteiger partial charge in [0.1, 0.15) is 5.01 Å². The summed E-state index contributed by atoms with van der Waals surface area (Å²) in [5, 5.41) is 7.16. The second kappa shape index (κ2) is 6.69. The van der Waals surface area contributed by atoms with E-state index in [0.29, 0.717) is 5.69 Å².